The van der Waals surface area contributed by atoms with Crippen LogP contribution in [-0.2, 0) is 24.0 Å². The highest BCUT2D eigenvalue weighted by atomic mass is 16.4. The summed E-state index contributed by atoms with van der Waals surface area (Å²) in [5, 5.41) is 26.6. The number of hydrogen-bond donors (Lipinski definition) is 8. The van der Waals surface area contributed by atoms with Crippen molar-refractivity contribution in [1.82, 2.24) is 21.3 Å². The molecule has 182 valence electrons. The molecule has 0 aromatic carbocycles. The van der Waals surface area contributed by atoms with Gasteiger partial charge in [0.05, 0.1) is 19.1 Å². The maximum atomic E-state index is 12.4. The summed E-state index contributed by atoms with van der Waals surface area (Å²) < 4.78 is 0. The number of hydrogen-bond acceptors (Lipinski definition) is 8. The van der Waals surface area contributed by atoms with Crippen LogP contribution in [0.2, 0.25) is 0 Å². The van der Waals surface area contributed by atoms with Crippen LogP contribution in [0.4, 0.5) is 4.79 Å². The molecule has 0 saturated heterocycles. The second kappa shape index (κ2) is 14.7. The largest absolute Gasteiger partial charge is 0.481 e. The number of imide groups is 1. The van der Waals surface area contributed by atoms with E-state index in [4.69, 9.17) is 16.6 Å². The first-order chi connectivity index (χ1) is 15.0. The molecule has 0 aliphatic rings. The number of nitrogens with one attached hydrogen (secondary N) is 4. The minimum atomic E-state index is -1.49. The van der Waals surface area contributed by atoms with Crippen molar-refractivity contribution in [1.29, 1.82) is 0 Å². The number of aliphatic hydroxyl groups excluding tert-OH is 1. The molecule has 4 atom stereocenters. The molecule has 32 heavy (non-hydrogen) atoms. The van der Waals surface area contributed by atoms with Gasteiger partial charge in [-0.2, -0.15) is 0 Å². The number of aliphatic carboxylic acids is 1. The van der Waals surface area contributed by atoms with Crippen molar-refractivity contribution < 1.29 is 39.0 Å². The molecular weight excluding hydrogens is 428 g/mol. The van der Waals surface area contributed by atoms with Gasteiger partial charge in [0.25, 0.3) is 5.91 Å². The predicted molar refractivity (Wildman–Crippen MR) is 111 cm³/mol. The van der Waals surface area contributed by atoms with Gasteiger partial charge in [0.2, 0.25) is 17.7 Å². The summed E-state index contributed by atoms with van der Waals surface area (Å²) in [5.74, 6) is -5.04. The Balaban J connectivity index is 5.04. The average molecular weight is 460 g/mol. The molecule has 0 fully saturated rings. The van der Waals surface area contributed by atoms with Gasteiger partial charge in [0.15, 0.2) is 0 Å². The zero-order valence-corrected chi connectivity index (χ0v) is 18.1. The van der Waals surface area contributed by atoms with Crippen molar-refractivity contribution in [2.24, 2.45) is 11.5 Å². The van der Waals surface area contributed by atoms with Crippen LogP contribution in [0.25, 0.3) is 0 Å². The Morgan fingerprint density at radius 3 is 1.84 bits per heavy atom. The summed E-state index contributed by atoms with van der Waals surface area (Å²) in [7, 11) is 0. The van der Waals surface area contributed by atoms with E-state index in [-0.39, 0.29) is 6.42 Å². The molecule has 0 bridgehead atoms. The molecule has 0 rings (SSSR count). The van der Waals surface area contributed by atoms with E-state index in [1.165, 1.54) is 0 Å². The Morgan fingerprint density at radius 1 is 0.812 bits per heavy atom. The molecule has 0 unspecified atom stereocenters. The second-order valence-corrected chi connectivity index (χ2v) is 7.00. The summed E-state index contributed by atoms with van der Waals surface area (Å²) in [6.07, 6.45) is 0.739. The molecular formula is C18H32N6O8. The first kappa shape index (κ1) is 28.7. The molecule has 14 nitrogen and oxygen atoms in total. The summed E-state index contributed by atoms with van der Waals surface area (Å²) in [6, 6.07) is -6.17. The fourth-order valence-corrected chi connectivity index (χ4v) is 2.54. The van der Waals surface area contributed by atoms with Crippen molar-refractivity contribution in [3.05, 3.63) is 0 Å². The third-order valence-electron chi connectivity index (χ3n) is 4.23. The Labute approximate surface area is 184 Å². The van der Waals surface area contributed by atoms with Gasteiger partial charge >= 0.3 is 12.0 Å². The van der Waals surface area contributed by atoms with Crippen LogP contribution in [-0.4, -0.2) is 76.6 Å². The van der Waals surface area contributed by atoms with Crippen LogP contribution in [0.3, 0.4) is 0 Å². The van der Waals surface area contributed by atoms with E-state index in [0.29, 0.717) is 19.3 Å². The lowest BCUT2D eigenvalue weighted by molar-refractivity contribution is -0.140. The first-order valence-electron chi connectivity index (χ1n) is 10.1. The molecule has 6 amide bonds. The summed E-state index contributed by atoms with van der Waals surface area (Å²) in [4.78, 5) is 70.8. The quantitative estimate of drug-likeness (QED) is 0.132. The van der Waals surface area contributed by atoms with Crippen molar-refractivity contribution in [2.45, 2.75) is 70.1 Å². The molecule has 0 heterocycles. The highest BCUT2D eigenvalue weighted by Gasteiger charge is 2.28. The number of carboxylic acid groups (broad SMARTS) is 1. The van der Waals surface area contributed by atoms with Gasteiger partial charge in [0, 0.05) is 0 Å². The maximum absolute atomic E-state index is 12.4. The minimum Gasteiger partial charge on any atom is -0.481 e. The van der Waals surface area contributed by atoms with Crippen LogP contribution in [0.5, 0.6) is 0 Å². The molecule has 14 heteroatoms. The molecule has 0 radical (unpaired) electrons. The topological polar surface area (TPSA) is 243 Å². The summed E-state index contributed by atoms with van der Waals surface area (Å²) in [5.41, 5.74) is 10.7. The van der Waals surface area contributed by atoms with E-state index >= 15 is 0 Å². The van der Waals surface area contributed by atoms with Crippen molar-refractivity contribution in [3.63, 3.8) is 0 Å². The van der Waals surface area contributed by atoms with Crippen molar-refractivity contribution in [3.8, 4) is 0 Å². The van der Waals surface area contributed by atoms with E-state index in [2.05, 4.69) is 16.0 Å². The lowest BCUT2D eigenvalue weighted by atomic mass is 10.1. The highest BCUT2D eigenvalue weighted by Crippen LogP contribution is 2.00. The van der Waals surface area contributed by atoms with E-state index in [0.717, 1.165) is 0 Å². The number of carboxylic acids is 1. The first-order valence-corrected chi connectivity index (χ1v) is 10.1. The fraction of sp³-hybridized carbons (Fsp3) is 0.667. The second-order valence-electron chi connectivity index (χ2n) is 7.00. The fourth-order valence-electron chi connectivity index (χ4n) is 2.54. The predicted octanol–water partition coefficient (Wildman–Crippen LogP) is -2.97. The minimum absolute atomic E-state index is 0.0953. The van der Waals surface area contributed by atoms with Gasteiger partial charge in [-0.1, -0.05) is 26.7 Å². The zero-order chi connectivity index (χ0) is 24.8. The van der Waals surface area contributed by atoms with Crippen LogP contribution in [0, 0.1) is 0 Å². The molecule has 0 aliphatic heterocycles. The van der Waals surface area contributed by atoms with Gasteiger partial charge in [-0.25, -0.2) is 4.79 Å². The highest BCUT2D eigenvalue weighted by molar-refractivity contribution is 6.00. The summed E-state index contributed by atoms with van der Waals surface area (Å²) in [6.45, 7) is 2.70. The van der Waals surface area contributed by atoms with E-state index in [1.54, 1.807) is 6.92 Å². The Morgan fingerprint density at radius 2 is 1.38 bits per heavy atom. The van der Waals surface area contributed by atoms with Crippen molar-refractivity contribution in [2.75, 3.05) is 6.61 Å². The van der Waals surface area contributed by atoms with Crippen LogP contribution < -0.4 is 32.7 Å². The molecule has 10 N–H and O–H groups in total. The zero-order valence-electron chi connectivity index (χ0n) is 18.1. The lowest BCUT2D eigenvalue weighted by Gasteiger charge is -2.22. The lowest BCUT2D eigenvalue weighted by Crippen LogP contribution is -2.58. The van der Waals surface area contributed by atoms with E-state index in [9.17, 15) is 33.9 Å². The maximum Gasteiger partial charge on any atom is 0.322 e. The monoisotopic (exact) mass is 460 g/mol. The van der Waals surface area contributed by atoms with Gasteiger partial charge in [-0.05, 0) is 12.8 Å². The molecule has 0 spiro atoms. The SMILES string of the molecule is CCC[C@H](NC(=O)NC(=O)[C@H](CO)NC(=O)[C@@H](N)CCC)C(=O)N[C@@H](CC(=O)O)C(N)=O. The smallest absolute Gasteiger partial charge is 0.322 e. The number of rotatable bonds is 14. The number of aliphatic hydroxyl groups is 1. The van der Waals surface area contributed by atoms with Crippen LogP contribution >= 0.6 is 0 Å². The molecule has 0 saturated carbocycles. The van der Waals surface area contributed by atoms with Gasteiger partial charge in [-0.3, -0.25) is 29.3 Å². The number of nitrogens with two attached hydrogens (primary N) is 2. The van der Waals surface area contributed by atoms with Crippen LogP contribution in [0.1, 0.15) is 46.0 Å². The normalized spacial score (nSPS) is 14.2. The Hall–Kier alpha value is -3.26. The standard InChI is InChI=1S/C18H32N6O8/c1-3-5-9(19)15(29)22-12(8-25)17(31)24-18(32)23-10(6-4-2)16(30)21-11(14(20)28)7-13(26)27/h9-12,25H,3-8,19H2,1-2H3,(H2,20,28)(H,21,30)(H,22,29)(H,26,27)(H2,23,24,31,32)/t9-,10-,11-,12-/m0/s1. The number of carbonyl (C=O) groups excluding carboxylic acids is 5. The number of amides is 6. The molecule has 0 aromatic heterocycles. The Bertz CT molecular complexity index is 701. The van der Waals surface area contributed by atoms with E-state index in [1.807, 2.05) is 12.2 Å². The molecule has 0 aliphatic carbocycles. The third-order valence-corrected chi connectivity index (χ3v) is 4.23. The average Bonchev–Trinajstić information content (AvgIpc) is 2.70. The number of carbonyl (C=O) groups is 6. The van der Waals surface area contributed by atoms with Gasteiger partial charge < -0.3 is 37.6 Å². The van der Waals surface area contributed by atoms with Crippen molar-refractivity contribution >= 4 is 35.6 Å². The number of primary amides is 1. The van der Waals surface area contributed by atoms with E-state index < -0.39 is 72.8 Å². The molecule has 0 aromatic rings. The third kappa shape index (κ3) is 10.7. The number of urea groups is 1. The van der Waals surface area contributed by atoms with Gasteiger partial charge in [0.1, 0.15) is 18.1 Å². The summed E-state index contributed by atoms with van der Waals surface area (Å²) >= 11 is 0. The van der Waals surface area contributed by atoms with Gasteiger partial charge in [-0.15, -0.1) is 0 Å². The Kier molecular flexibility index (Phi) is 13.2. The van der Waals surface area contributed by atoms with Crippen LogP contribution in [0.15, 0.2) is 0 Å².